The van der Waals surface area contributed by atoms with Crippen LogP contribution in [0.5, 0.6) is 0 Å². The highest BCUT2D eigenvalue weighted by Crippen LogP contribution is 2.28. The molecule has 0 spiro atoms. The molecule has 1 aromatic rings. The molecule has 2 atom stereocenters. The Bertz CT molecular complexity index is 375. The Hall–Kier alpha value is -1.36. The Kier molecular flexibility index (Phi) is 3.24. The van der Waals surface area contributed by atoms with Crippen molar-refractivity contribution in [1.82, 2.24) is 15.1 Å². The zero-order valence-electron chi connectivity index (χ0n) is 9.64. The van der Waals surface area contributed by atoms with Gasteiger partial charge >= 0.3 is 5.97 Å². The van der Waals surface area contributed by atoms with E-state index >= 15 is 0 Å². The van der Waals surface area contributed by atoms with Crippen molar-refractivity contribution < 1.29 is 9.53 Å². The zero-order valence-corrected chi connectivity index (χ0v) is 9.64. The Balaban J connectivity index is 2.11. The molecule has 2 heterocycles. The molecule has 0 saturated carbocycles. The molecule has 0 bridgehead atoms. The first-order valence-corrected chi connectivity index (χ1v) is 5.58. The van der Waals surface area contributed by atoms with E-state index in [1.165, 1.54) is 0 Å². The van der Waals surface area contributed by atoms with Gasteiger partial charge in [-0.25, -0.2) is 0 Å². The maximum atomic E-state index is 11.7. The second kappa shape index (κ2) is 4.65. The quantitative estimate of drug-likeness (QED) is 0.748. The molecule has 88 valence electrons. The van der Waals surface area contributed by atoms with E-state index in [9.17, 15) is 4.79 Å². The van der Waals surface area contributed by atoms with Gasteiger partial charge in [-0.05, 0) is 12.5 Å². The summed E-state index contributed by atoms with van der Waals surface area (Å²) >= 11 is 0. The summed E-state index contributed by atoms with van der Waals surface area (Å²) < 4.78 is 6.84. The van der Waals surface area contributed by atoms with Gasteiger partial charge in [-0.15, -0.1) is 0 Å². The number of hydrogen-bond donors (Lipinski definition) is 1. The van der Waals surface area contributed by atoms with Crippen molar-refractivity contribution in [2.75, 3.05) is 19.7 Å². The Morgan fingerprint density at radius 1 is 1.69 bits per heavy atom. The SMILES string of the molecule is CCOC(=O)[C@@H]1CNC[C@H]1c1cnn(C)c1. The fourth-order valence-electron chi connectivity index (χ4n) is 2.16. The molecule has 1 fully saturated rings. The molecule has 1 N–H and O–H groups in total. The lowest BCUT2D eigenvalue weighted by Gasteiger charge is -2.15. The molecule has 1 aliphatic rings. The zero-order chi connectivity index (χ0) is 11.5. The van der Waals surface area contributed by atoms with Gasteiger partial charge in [0.05, 0.1) is 18.7 Å². The van der Waals surface area contributed by atoms with Gasteiger partial charge in [0, 0.05) is 32.3 Å². The van der Waals surface area contributed by atoms with Gasteiger partial charge in [-0.3, -0.25) is 9.48 Å². The lowest BCUT2D eigenvalue weighted by molar-refractivity contribution is -0.147. The first kappa shape index (κ1) is 11.1. The molecule has 5 nitrogen and oxygen atoms in total. The molecule has 16 heavy (non-hydrogen) atoms. The van der Waals surface area contributed by atoms with Crippen molar-refractivity contribution in [2.45, 2.75) is 12.8 Å². The van der Waals surface area contributed by atoms with E-state index in [0.717, 1.165) is 12.1 Å². The number of carbonyl (C=O) groups excluding carboxylic acids is 1. The highest BCUT2D eigenvalue weighted by molar-refractivity contribution is 5.74. The normalized spacial score (nSPS) is 24.6. The minimum atomic E-state index is -0.110. The van der Waals surface area contributed by atoms with Crippen LogP contribution in [0, 0.1) is 5.92 Å². The average Bonchev–Trinajstić information content (AvgIpc) is 2.85. The Morgan fingerprint density at radius 3 is 3.12 bits per heavy atom. The lowest BCUT2D eigenvalue weighted by atomic mass is 9.91. The fourth-order valence-corrected chi connectivity index (χ4v) is 2.16. The van der Waals surface area contributed by atoms with E-state index in [1.807, 2.05) is 26.4 Å². The molecular formula is C11H17N3O2. The largest absolute Gasteiger partial charge is 0.466 e. The topological polar surface area (TPSA) is 56.1 Å². The molecule has 1 saturated heterocycles. The molecule has 0 amide bonds. The van der Waals surface area contributed by atoms with E-state index in [4.69, 9.17) is 4.74 Å². The number of hydrogen-bond acceptors (Lipinski definition) is 4. The Labute approximate surface area is 94.8 Å². The molecule has 0 aliphatic carbocycles. The van der Waals surface area contributed by atoms with Crippen molar-refractivity contribution >= 4 is 5.97 Å². The summed E-state index contributed by atoms with van der Waals surface area (Å²) in [7, 11) is 1.88. The summed E-state index contributed by atoms with van der Waals surface area (Å²) in [6, 6.07) is 0. The third-order valence-electron chi connectivity index (χ3n) is 2.96. The second-order valence-electron chi connectivity index (χ2n) is 4.07. The van der Waals surface area contributed by atoms with Gasteiger partial charge in [0.25, 0.3) is 0 Å². The number of aryl methyl sites for hydroxylation is 1. The lowest BCUT2D eigenvalue weighted by Crippen LogP contribution is -2.23. The number of ether oxygens (including phenoxy) is 1. The number of nitrogens with zero attached hydrogens (tertiary/aromatic N) is 2. The van der Waals surface area contributed by atoms with Gasteiger partial charge in [0.1, 0.15) is 0 Å². The van der Waals surface area contributed by atoms with Crippen LogP contribution >= 0.6 is 0 Å². The van der Waals surface area contributed by atoms with Crippen LogP contribution in [0.15, 0.2) is 12.4 Å². The molecule has 2 rings (SSSR count). The average molecular weight is 223 g/mol. The van der Waals surface area contributed by atoms with Gasteiger partial charge in [0.2, 0.25) is 0 Å². The van der Waals surface area contributed by atoms with Gasteiger partial charge < -0.3 is 10.1 Å². The number of nitrogens with one attached hydrogen (secondary N) is 1. The highest BCUT2D eigenvalue weighted by Gasteiger charge is 2.35. The van der Waals surface area contributed by atoms with Crippen LogP contribution in [0.2, 0.25) is 0 Å². The smallest absolute Gasteiger partial charge is 0.310 e. The summed E-state index contributed by atoms with van der Waals surface area (Å²) in [5.41, 5.74) is 1.10. The predicted octanol–water partition coefficient (Wildman–Crippen LogP) is 0.286. The van der Waals surface area contributed by atoms with E-state index in [-0.39, 0.29) is 17.8 Å². The van der Waals surface area contributed by atoms with E-state index < -0.39 is 0 Å². The third kappa shape index (κ3) is 2.09. The summed E-state index contributed by atoms with van der Waals surface area (Å²) in [6.45, 7) is 3.78. The minimum Gasteiger partial charge on any atom is -0.466 e. The number of esters is 1. The van der Waals surface area contributed by atoms with E-state index in [2.05, 4.69) is 10.4 Å². The maximum absolute atomic E-state index is 11.7. The van der Waals surface area contributed by atoms with Crippen molar-refractivity contribution in [3.8, 4) is 0 Å². The monoisotopic (exact) mass is 223 g/mol. The molecular weight excluding hydrogens is 206 g/mol. The fraction of sp³-hybridized carbons (Fsp3) is 0.636. The van der Waals surface area contributed by atoms with Crippen molar-refractivity contribution in [3.63, 3.8) is 0 Å². The van der Waals surface area contributed by atoms with Gasteiger partial charge in [-0.2, -0.15) is 5.10 Å². The molecule has 0 aromatic carbocycles. The molecule has 5 heteroatoms. The third-order valence-corrected chi connectivity index (χ3v) is 2.96. The van der Waals surface area contributed by atoms with Crippen LogP contribution in [0.3, 0.4) is 0 Å². The van der Waals surface area contributed by atoms with Crippen LogP contribution in [0.1, 0.15) is 18.4 Å². The number of rotatable bonds is 3. The van der Waals surface area contributed by atoms with Crippen LogP contribution in [0.25, 0.3) is 0 Å². The molecule has 0 radical (unpaired) electrons. The van der Waals surface area contributed by atoms with Crippen LogP contribution in [0.4, 0.5) is 0 Å². The maximum Gasteiger partial charge on any atom is 0.310 e. The summed E-state index contributed by atoms with van der Waals surface area (Å²) in [5.74, 6) is -0.00162. The van der Waals surface area contributed by atoms with Gasteiger partial charge in [-0.1, -0.05) is 0 Å². The molecule has 1 aromatic heterocycles. The van der Waals surface area contributed by atoms with Crippen molar-refractivity contribution in [1.29, 1.82) is 0 Å². The van der Waals surface area contributed by atoms with Crippen LogP contribution in [-0.4, -0.2) is 35.4 Å². The summed E-state index contributed by atoms with van der Waals surface area (Å²) in [5, 5.41) is 7.37. The minimum absolute atomic E-state index is 0.0795. The first-order chi connectivity index (χ1) is 7.72. The second-order valence-corrected chi connectivity index (χ2v) is 4.07. The van der Waals surface area contributed by atoms with Crippen LogP contribution < -0.4 is 5.32 Å². The predicted molar refractivity (Wildman–Crippen MR) is 58.9 cm³/mol. The van der Waals surface area contributed by atoms with E-state index in [0.29, 0.717) is 13.2 Å². The number of carbonyl (C=O) groups is 1. The van der Waals surface area contributed by atoms with Gasteiger partial charge in [0.15, 0.2) is 0 Å². The van der Waals surface area contributed by atoms with Crippen LogP contribution in [-0.2, 0) is 16.6 Å². The first-order valence-electron chi connectivity index (χ1n) is 5.58. The summed E-state index contributed by atoms with van der Waals surface area (Å²) in [6.07, 6.45) is 3.79. The Morgan fingerprint density at radius 2 is 2.50 bits per heavy atom. The molecule has 1 aliphatic heterocycles. The van der Waals surface area contributed by atoms with Crippen molar-refractivity contribution in [2.24, 2.45) is 13.0 Å². The van der Waals surface area contributed by atoms with E-state index in [1.54, 1.807) is 4.68 Å². The van der Waals surface area contributed by atoms with Crippen molar-refractivity contribution in [3.05, 3.63) is 18.0 Å². The summed E-state index contributed by atoms with van der Waals surface area (Å²) in [4.78, 5) is 11.7. The standard InChI is InChI=1S/C11H17N3O2/c1-3-16-11(15)10-6-12-5-9(10)8-4-13-14(2)7-8/h4,7,9-10,12H,3,5-6H2,1-2H3/t9-,10+/m0/s1. The number of aromatic nitrogens is 2. The molecule has 0 unspecified atom stereocenters. The highest BCUT2D eigenvalue weighted by atomic mass is 16.5.